The smallest absolute Gasteiger partial charge is 0.274 e. The van der Waals surface area contributed by atoms with Crippen LogP contribution in [0.25, 0.3) is 0 Å². The summed E-state index contributed by atoms with van der Waals surface area (Å²) in [6, 6.07) is 3.40. The normalized spacial score (nSPS) is 9.67. The second kappa shape index (κ2) is 5.09. The summed E-state index contributed by atoms with van der Waals surface area (Å²) in [4.78, 5) is 9.81. The summed E-state index contributed by atoms with van der Waals surface area (Å²) < 4.78 is 12.9. The number of rotatable bonds is 5. The molecule has 0 radical (unpaired) electrons. The fourth-order valence-electron chi connectivity index (χ4n) is 1.10. The van der Waals surface area contributed by atoms with Crippen LogP contribution in [0.5, 0.6) is 0 Å². The molecular weight excluding hydrogens is 199 g/mol. The standard InChI is InChI=1S/C10H11FN2O2/c1-2-3-4-12-9-5-8(11)6-10(7-9)13(14)15/h2,5-7,12H,1,3-4H2. The van der Waals surface area contributed by atoms with Crippen LogP contribution in [-0.2, 0) is 0 Å². The number of nitro groups is 1. The molecule has 1 rings (SSSR count). The molecule has 0 aliphatic rings. The second-order valence-electron chi connectivity index (χ2n) is 2.96. The fraction of sp³-hybridized carbons (Fsp3) is 0.200. The first kappa shape index (κ1) is 11.2. The van der Waals surface area contributed by atoms with Crippen molar-refractivity contribution in [2.45, 2.75) is 6.42 Å². The first-order chi connectivity index (χ1) is 7.13. The molecule has 0 fully saturated rings. The van der Waals surface area contributed by atoms with Gasteiger partial charge in [0.15, 0.2) is 0 Å². The highest BCUT2D eigenvalue weighted by atomic mass is 19.1. The molecule has 0 heterocycles. The molecule has 1 N–H and O–H groups in total. The molecule has 0 amide bonds. The van der Waals surface area contributed by atoms with Crippen LogP contribution >= 0.6 is 0 Å². The van der Waals surface area contributed by atoms with Gasteiger partial charge in [0.25, 0.3) is 5.69 Å². The van der Waals surface area contributed by atoms with E-state index in [0.717, 1.165) is 6.07 Å². The number of non-ortho nitro benzene ring substituents is 1. The van der Waals surface area contributed by atoms with Gasteiger partial charge in [0.1, 0.15) is 5.82 Å². The predicted octanol–water partition coefficient (Wildman–Crippen LogP) is 2.72. The Morgan fingerprint density at radius 1 is 1.53 bits per heavy atom. The largest absolute Gasteiger partial charge is 0.384 e. The molecule has 1 aromatic carbocycles. The molecule has 0 atom stereocenters. The molecule has 0 aliphatic heterocycles. The van der Waals surface area contributed by atoms with E-state index in [4.69, 9.17) is 0 Å². The summed E-state index contributed by atoms with van der Waals surface area (Å²) in [5.41, 5.74) is 0.152. The maximum atomic E-state index is 12.9. The van der Waals surface area contributed by atoms with Gasteiger partial charge < -0.3 is 5.32 Å². The number of nitro benzene ring substituents is 1. The van der Waals surface area contributed by atoms with Crippen LogP contribution in [0.4, 0.5) is 15.8 Å². The van der Waals surface area contributed by atoms with E-state index in [-0.39, 0.29) is 5.69 Å². The Morgan fingerprint density at radius 3 is 2.87 bits per heavy atom. The number of anilines is 1. The van der Waals surface area contributed by atoms with E-state index in [1.807, 2.05) is 0 Å². The summed E-state index contributed by atoms with van der Waals surface area (Å²) in [5, 5.41) is 13.3. The van der Waals surface area contributed by atoms with Crippen molar-refractivity contribution in [3.05, 3.63) is 46.8 Å². The zero-order valence-electron chi connectivity index (χ0n) is 8.07. The van der Waals surface area contributed by atoms with Crippen LogP contribution in [0.2, 0.25) is 0 Å². The number of halogens is 1. The lowest BCUT2D eigenvalue weighted by atomic mass is 10.2. The summed E-state index contributed by atoms with van der Waals surface area (Å²) in [7, 11) is 0. The van der Waals surface area contributed by atoms with E-state index < -0.39 is 10.7 Å². The van der Waals surface area contributed by atoms with Gasteiger partial charge >= 0.3 is 0 Å². The van der Waals surface area contributed by atoms with E-state index in [2.05, 4.69) is 11.9 Å². The molecule has 4 nitrogen and oxygen atoms in total. The lowest BCUT2D eigenvalue weighted by Crippen LogP contribution is -2.01. The van der Waals surface area contributed by atoms with Crippen molar-refractivity contribution in [3.8, 4) is 0 Å². The molecule has 0 spiro atoms. The van der Waals surface area contributed by atoms with Crippen molar-refractivity contribution in [2.24, 2.45) is 0 Å². The molecule has 0 aromatic heterocycles. The number of benzene rings is 1. The Balaban J connectivity index is 2.79. The molecule has 80 valence electrons. The molecule has 0 saturated carbocycles. The van der Waals surface area contributed by atoms with Gasteiger partial charge in [-0.15, -0.1) is 6.58 Å². The highest BCUT2D eigenvalue weighted by Gasteiger charge is 2.08. The van der Waals surface area contributed by atoms with Crippen LogP contribution in [0.1, 0.15) is 6.42 Å². The SMILES string of the molecule is C=CCCNc1cc(F)cc([N+](=O)[O-])c1. The molecule has 0 unspecified atom stereocenters. The average molecular weight is 210 g/mol. The lowest BCUT2D eigenvalue weighted by Gasteiger charge is -2.04. The first-order valence-electron chi connectivity index (χ1n) is 4.43. The summed E-state index contributed by atoms with van der Waals surface area (Å²) >= 11 is 0. The zero-order valence-corrected chi connectivity index (χ0v) is 8.07. The van der Waals surface area contributed by atoms with Crippen LogP contribution in [0, 0.1) is 15.9 Å². The molecule has 0 aliphatic carbocycles. The molecule has 1 aromatic rings. The van der Waals surface area contributed by atoms with Gasteiger partial charge in [0, 0.05) is 18.3 Å². The minimum atomic E-state index is -0.623. The molecular formula is C10H11FN2O2. The summed E-state index contributed by atoms with van der Waals surface area (Å²) in [6.07, 6.45) is 2.42. The van der Waals surface area contributed by atoms with Crippen molar-refractivity contribution in [2.75, 3.05) is 11.9 Å². The van der Waals surface area contributed by atoms with Crippen LogP contribution < -0.4 is 5.32 Å². The summed E-state index contributed by atoms with van der Waals surface area (Å²) in [6.45, 7) is 4.11. The average Bonchev–Trinajstić information content (AvgIpc) is 2.17. The monoisotopic (exact) mass is 210 g/mol. The first-order valence-corrected chi connectivity index (χ1v) is 4.43. The van der Waals surface area contributed by atoms with Crippen LogP contribution in [-0.4, -0.2) is 11.5 Å². The predicted molar refractivity (Wildman–Crippen MR) is 56.4 cm³/mol. The molecule has 15 heavy (non-hydrogen) atoms. The van der Waals surface area contributed by atoms with E-state index in [1.165, 1.54) is 12.1 Å². The lowest BCUT2D eigenvalue weighted by molar-refractivity contribution is -0.385. The highest BCUT2D eigenvalue weighted by molar-refractivity contribution is 5.51. The van der Waals surface area contributed by atoms with Crippen molar-refractivity contribution < 1.29 is 9.31 Å². The van der Waals surface area contributed by atoms with Gasteiger partial charge in [-0.3, -0.25) is 10.1 Å². The Labute approximate surface area is 86.6 Å². The van der Waals surface area contributed by atoms with Gasteiger partial charge in [-0.2, -0.15) is 0 Å². The third-order valence-electron chi connectivity index (χ3n) is 1.77. The maximum absolute atomic E-state index is 12.9. The number of nitrogens with one attached hydrogen (secondary N) is 1. The number of hydrogen-bond acceptors (Lipinski definition) is 3. The van der Waals surface area contributed by atoms with Gasteiger partial charge in [0.05, 0.1) is 11.0 Å². The van der Waals surface area contributed by atoms with Crippen LogP contribution in [0.3, 0.4) is 0 Å². The number of hydrogen-bond donors (Lipinski definition) is 1. The van der Waals surface area contributed by atoms with E-state index >= 15 is 0 Å². The Morgan fingerprint density at radius 2 is 2.27 bits per heavy atom. The minimum absolute atomic E-state index is 0.254. The quantitative estimate of drug-likeness (QED) is 0.352. The molecule has 0 saturated heterocycles. The van der Waals surface area contributed by atoms with Gasteiger partial charge in [-0.1, -0.05) is 6.08 Å². The van der Waals surface area contributed by atoms with E-state index in [9.17, 15) is 14.5 Å². The Hall–Kier alpha value is -1.91. The minimum Gasteiger partial charge on any atom is -0.384 e. The van der Waals surface area contributed by atoms with Crippen LogP contribution in [0.15, 0.2) is 30.9 Å². The fourth-order valence-corrected chi connectivity index (χ4v) is 1.10. The third kappa shape index (κ3) is 3.38. The Kier molecular flexibility index (Phi) is 3.79. The second-order valence-corrected chi connectivity index (χ2v) is 2.96. The molecule has 0 bridgehead atoms. The van der Waals surface area contributed by atoms with Crippen molar-refractivity contribution in [3.63, 3.8) is 0 Å². The third-order valence-corrected chi connectivity index (χ3v) is 1.77. The van der Waals surface area contributed by atoms with E-state index in [1.54, 1.807) is 6.08 Å². The maximum Gasteiger partial charge on any atom is 0.274 e. The number of nitrogens with zero attached hydrogens (tertiary/aromatic N) is 1. The van der Waals surface area contributed by atoms with Gasteiger partial charge in [-0.05, 0) is 12.5 Å². The summed E-state index contributed by atoms with van der Waals surface area (Å²) in [5.74, 6) is -0.620. The van der Waals surface area contributed by atoms with Crippen molar-refractivity contribution in [1.82, 2.24) is 0 Å². The van der Waals surface area contributed by atoms with Gasteiger partial charge in [0.2, 0.25) is 0 Å². The van der Waals surface area contributed by atoms with Gasteiger partial charge in [-0.25, -0.2) is 4.39 Å². The van der Waals surface area contributed by atoms with Crippen molar-refractivity contribution in [1.29, 1.82) is 0 Å². The molecule has 5 heteroatoms. The van der Waals surface area contributed by atoms with E-state index in [0.29, 0.717) is 18.7 Å². The topological polar surface area (TPSA) is 55.2 Å². The highest BCUT2D eigenvalue weighted by Crippen LogP contribution is 2.19. The zero-order chi connectivity index (χ0) is 11.3. The van der Waals surface area contributed by atoms with Crippen molar-refractivity contribution >= 4 is 11.4 Å². The Bertz CT molecular complexity index is 380.